The lowest BCUT2D eigenvalue weighted by Crippen LogP contribution is -2.40. The van der Waals surface area contributed by atoms with Gasteiger partial charge in [0.1, 0.15) is 6.07 Å². The number of rotatable bonds is 6. The lowest BCUT2D eigenvalue weighted by Gasteiger charge is -2.25. The molecule has 1 heterocycles. The van der Waals surface area contributed by atoms with Gasteiger partial charge < -0.3 is 14.6 Å². The second kappa shape index (κ2) is 9.22. The average Bonchev–Trinajstić information content (AvgIpc) is 2.69. The first-order chi connectivity index (χ1) is 12.9. The fourth-order valence-corrected chi connectivity index (χ4v) is 3.57. The van der Waals surface area contributed by atoms with Crippen LogP contribution in [0.25, 0.3) is 0 Å². The maximum atomic E-state index is 12.5. The third-order valence-electron chi connectivity index (χ3n) is 3.51. The first kappa shape index (κ1) is 20.5. The van der Waals surface area contributed by atoms with E-state index in [-0.39, 0.29) is 30.3 Å². The molecule has 1 fully saturated rings. The number of nitriles is 1. The number of aliphatic hydroxyl groups is 1. The molecule has 0 saturated carbocycles. The molecular weight excluding hydrogens is 376 g/mol. The predicted octanol–water partition coefficient (Wildman–Crippen LogP) is 1.65. The smallest absolute Gasteiger partial charge is 0.363 e. The van der Waals surface area contributed by atoms with Crippen molar-refractivity contribution in [2.75, 3.05) is 32.9 Å². The Morgan fingerprint density at radius 1 is 1.33 bits per heavy atom. The van der Waals surface area contributed by atoms with Gasteiger partial charge in [-0.05, 0) is 31.2 Å². The Labute approximate surface area is 156 Å². The van der Waals surface area contributed by atoms with E-state index in [9.17, 15) is 18.3 Å². The lowest BCUT2D eigenvalue weighted by molar-refractivity contribution is -0.138. The number of carbonyl (C=O) groups excluding carboxylic acids is 1. The van der Waals surface area contributed by atoms with Crippen LogP contribution < -0.4 is 0 Å². The van der Waals surface area contributed by atoms with Crippen LogP contribution in [-0.2, 0) is 24.3 Å². The Morgan fingerprint density at radius 2 is 1.96 bits per heavy atom. The van der Waals surface area contributed by atoms with E-state index in [1.165, 1.54) is 34.6 Å². The average molecular weight is 394 g/mol. The molecule has 1 N–H and O–H groups in total. The molecule has 1 saturated heterocycles. The molecule has 1 aromatic rings. The molecule has 0 aliphatic carbocycles. The van der Waals surface area contributed by atoms with E-state index in [2.05, 4.69) is 15.0 Å². The fourth-order valence-electron chi connectivity index (χ4n) is 2.17. The van der Waals surface area contributed by atoms with Gasteiger partial charge in [0.2, 0.25) is 21.5 Å². The summed E-state index contributed by atoms with van der Waals surface area (Å²) in [5.74, 6) is -1.92. The van der Waals surface area contributed by atoms with Crippen LogP contribution in [0.4, 0.5) is 5.69 Å². The number of morpholine rings is 1. The number of allylic oxidation sites excluding steroid dienone is 1. The summed E-state index contributed by atoms with van der Waals surface area (Å²) in [4.78, 5) is 11.8. The minimum absolute atomic E-state index is 0.0324. The van der Waals surface area contributed by atoms with E-state index in [1.54, 1.807) is 6.92 Å². The van der Waals surface area contributed by atoms with E-state index in [1.807, 2.05) is 0 Å². The molecule has 0 aromatic heterocycles. The first-order valence-corrected chi connectivity index (χ1v) is 9.44. The van der Waals surface area contributed by atoms with Gasteiger partial charge in [-0.1, -0.05) is 0 Å². The molecule has 0 radical (unpaired) electrons. The Balaban J connectivity index is 2.20. The van der Waals surface area contributed by atoms with E-state index in [4.69, 9.17) is 10.00 Å². The molecule has 2 rings (SSSR count). The third-order valence-corrected chi connectivity index (χ3v) is 5.42. The molecule has 0 amide bonds. The van der Waals surface area contributed by atoms with Gasteiger partial charge in [-0.25, -0.2) is 13.2 Å². The highest BCUT2D eigenvalue weighted by Gasteiger charge is 2.26. The number of benzene rings is 1. The van der Waals surface area contributed by atoms with Crippen molar-refractivity contribution in [3.63, 3.8) is 0 Å². The molecule has 0 bridgehead atoms. The highest BCUT2D eigenvalue weighted by molar-refractivity contribution is 7.89. The Kier molecular flexibility index (Phi) is 7.00. The number of ether oxygens (including phenoxy) is 2. The molecule has 1 aliphatic rings. The number of esters is 1. The monoisotopic (exact) mass is 394 g/mol. The quantitative estimate of drug-likeness (QED) is 0.193. The molecule has 144 valence electrons. The zero-order chi connectivity index (χ0) is 19.9. The highest BCUT2D eigenvalue weighted by atomic mass is 32.2. The van der Waals surface area contributed by atoms with E-state index in [0.29, 0.717) is 13.2 Å². The maximum absolute atomic E-state index is 12.5. The zero-order valence-corrected chi connectivity index (χ0v) is 15.3. The summed E-state index contributed by atoms with van der Waals surface area (Å²) >= 11 is 0. The summed E-state index contributed by atoms with van der Waals surface area (Å²) in [6.45, 7) is 2.85. The van der Waals surface area contributed by atoms with Gasteiger partial charge >= 0.3 is 5.97 Å². The highest BCUT2D eigenvalue weighted by Crippen LogP contribution is 2.22. The second-order valence-corrected chi connectivity index (χ2v) is 7.18. The van der Waals surface area contributed by atoms with Crippen LogP contribution in [0.15, 0.2) is 50.8 Å². The number of hydrogen-bond acceptors (Lipinski definition) is 9. The Morgan fingerprint density at radius 3 is 2.52 bits per heavy atom. The molecule has 1 aliphatic heterocycles. The number of nitrogens with zero attached hydrogens (tertiary/aromatic N) is 4. The second-order valence-electron chi connectivity index (χ2n) is 5.24. The summed E-state index contributed by atoms with van der Waals surface area (Å²) in [5, 5.41) is 25.5. The number of carbonyl (C=O) groups is 1. The van der Waals surface area contributed by atoms with Gasteiger partial charge in [-0.15, -0.1) is 5.11 Å². The molecular formula is C16H18N4O6S. The fraction of sp³-hybridized carbons (Fsp3) is 0.375. The van der Waals surface area contributed by atoms with Crippen LogP contribution in [0, 0.1) is 11.3 Å². The largest absolute Gasteiger partial charge is 0.498 e. The van der Waals surface area contributed by atoms with Crippen molar-refractivity contribution in [2.45, 2.75) is 11.8 Å². The van der Waals surface area contributed by atoms with Gasteiger partial charge in [0.15, 0.2) is 0 Å². The van der Waals surface area contributed by atoms with Crippen molar-refractivity contribution < 1.29 is 27.8 Å². The molecule has 10 nitrogen and oxygen atoms in total. The zero-order valence-electron chi connectivity index (χ0n) is 14.5. The molecule has 27 heavy (non-hydrogen) atoms. The molecule has 0 unspecified atom stereocenters. The Bertz CT molecular complexity index is 880. The standard InChI is InChI=1S/C16H18N4O6S/c1-2-26-16(22)15(14(21)11-17)19-18-12-3-5-13(6-4-12)27(23,24)20-7-9-25-10-8-20/h3-6,21H,2,7-10H2,1H3/b15-14-,19-18?. The summed E-state index contributed by atoms with van der Waals surface area (Å²) in [6, 6.07) is 6.89. The summed E-state index contributed by atoms with van der Waals surface area (Å²) < 4.78 is 36.2. The van der Waals surface area contributed by atoms with Gasteiger partial charge in [0.05, 0.1) is 30.4 Å². The van der Waals surface area contributed by atoms with Gasteiger partial charge in [-0.2, -0.15) is 14.7 Å². The van der Waals surface area contributed by atoms with Crippen LogP contribution in [0.5, 0.6) is 0 Å². The topological polar surface area (TPSA) is 142 Å². The van der Waals surface area contributed by atoms with Crippen molar-refractivity contribution in [1.29, 1.82) is 5.26 Å². The van der Waals surface area contributed by atoms with Crippen LogP contribution in [0.3, 0.4) is 0 Å². The number of azo groups is 1. The van der Waals surface area contributed by atoms with E-state index >= 15 is 0 Å². The molecule has 11 heteroatoms. The third kappa shape index (κ3) is 5.10. The maximum Gasteiger partial charge on any atom is 0.363 e. The van der Waals surface area contributed by atoms with Gasteiger partial charge in [0, 0.05) is 13.1 Å². The van der Waals surface area contributed by atoms with Crippen LogP contribution >= 0.6 is 0 Å². The first-order valence-electron chi connectivity index (χ1n) is 8.00. The van der Waals surface area contributed by atoms with Crippen LogP contribution in [0.2, 0.25) is 0 Å². The van der Waals surface area contributed by atoms with Crippen molar-refractivity contribution in [3.8, 4) is 6.07 Å². The Hall–Kier alpha value is -2.81. The number of sulfonamides is 1. The SMILES string of the molecule is CCOC(=O)/C(N=Nc1ccc(S(=O)(=O)N2CCOCC2)cc1)=C(/O)C#N. The minimum atomic E-state index is -3.63. The molecule has 0 atom stereocenters. The van der Waals surface area contributed by atoms with E-state index in [0.717, 1.165) is 0 Å². The van der Waals surface area contributed by atoms with E-state index < -0.39 is 27.4 Å². The van der Waals surface area contributed by atoms with Crippen molar-refractivity contribution >= 4 is 21.7 Å². The summed E-state index contributed by atoms with van der Waals surface area (Å²) in [7, 11) is -3.63. The van der Waals surface area contributed by atoms with Gasteiger partial charge in [-0.3, -0.25) is 0 Å². The van der Waals surface area contributed by atoms with Crippen LogP contribution in [-0.4, -0.2) is 56.7 Å². The van der Waals surface area contributed by atoms with Crippen molar-refractivity contribution in [1.82, 2.24) is 4.31 Å². The van der Waals surface area contributed by atoms with Crippen molar-refractivity contribution in [3.05, 3.63) is 35.7 Å². The number of hydrogen-bond donors (Lipinski definition) is 1. The minimum Gasteiger partial charge on any atom is -0.498 e. The van der Waals surface area contributed by atoms with Gasteiger partial charge in [0.25, 0.3) is 0 Å². The normalized spacial score (nSPS) is 16.6. The predicted molar refractivity (Wildman–Crippen MR) is 92.4 cm³/mol. The summed E-state index contributed by atoms with van der Waals surface area (Å²) in [6.07, 6.45) is 0. The van der Waals surface area contributed by atoms with Crippen LogP contribution in [0.1, 0.15) is 6.92 Å². The molecule has 1 aromatic carbocycles. The van der Waals surface area contributed by atoms with Crippen molar-refractivity contribution in [2.24, 2.45) is 10.2 Å². The summed E-state index contributed by atoms with van der Waals surface area (Å²) in [5.41, 5.74) is -0.409. The number of aliphatic hydroxyl groups excluding tert-OH is 1. The lowest BCUT2D eigenvalue weighted by atomic mass is 10.3. The molecule has 0 spiro atoms.